The summed E-state index contributed by atoms with van der Waals surface area (Å²) in [6.45, 7) is 0. The zero-order valence-corrected chi connectivity index (χ0v) is 7.05. The second-order valence-corrected chi connectivity index (χ2v) is 3.24. The van der Waals surface area contributed by atoms with Crippen molar-refractivity contribution in [2.75, 3.05) is 7.11 Å². The maximum Gasteiger partial charge on any atom is 0.0785 e. The second kappa shape index (κ2) is 3.77. The van der Waals surface area contributed by atoms with E-state index in [2.05, 4.69) is 0 Å². The summed E-state index contributed by atoms with van der Waals surface area (Å²) in [5.74, 6) is 0. The Bertz CT molecular complexity index is 134. The molecule has 0 unspecified atom stereocenters. The van der Waals surface area contributed by atoms with Gasteiger partial charge in [0.25, 0.3) is 0 Å². The lowest BCUT2D eigenvalue weighted by molar-refractivity contribution is 0.0503. The second-order valence-electron chi connectivity index (χ2n) is 3.24. The largest absolute Gasteiger partial charge is 0.505 e. The monoisotopic (exact) mass is 156 g/mol. The molecule has 0 bridgehead atoms. The lowest BCUT2D eigenvalue weighted by Crippen LogP contribution is -2.22. The first-order valence-corrected chi connectivity index (χ1v) is 4.17. The molecular weight excluding hydrogens is 140 g/mol. The van der Waals surface area contributed by atoms with Crippen LogP contribution in [0.3, 0.4) is 0 Å². The summed E-state index contributed by atoms with van der Waals surface area (Å²) in [4.78, 5) is 0. The molecule has 1 N–H and O–H groups in total. The van der Waals surface area contributed by atoms with E-state index in [1.165, 1.54) is 0 Å². The van der Waals surface area contributed by atoms with Crippen LogP contribution in [0.15, 0.2) is 12.3 Å². The number of hydrogen-bond donors (Lipinski definition) is 1. The number of hydrogen-bond acceptors (Lipinski definition) is 2. The molecule has 0 spiro atoms. The van der Waals surface area contributed by atoms with Crippen LogP contribution in [-0.4, -0.2) is 17.8 Å². The van der Waals surface area contributed by atoms with Crippen LogP contribution in [0.2, 0.25) is 0 Å². The predicted molar refractivity (Wildman–Crippen MR) is 44.2 cm³/mol. The van der Waals surface area contributed by atoms with Gasteiger partial charge >= 0.3 is 0 Å². The number of rotatable bonds is 3. The molecule has 1 aliphatic rings. The maximum absolute atomic E-state index is 9.81. The fourth-order valence-electron chi connectivity index (χ4n) is 1.60. The van der Waals surface area contributed by atoms with Crippen LogP contribution < -0.4 is 0 Å². The van der Waals surface area contributed by atoms with Gasteiger partial charge in [0, 0.05) is 0 Å². The van der Waals surface area contributed by atoms with E-state index in [-0.39, 0.29) is 0 Å². The highest BCUT2D eigenvalue weighted by Gasteiger charge is 2.29. The van der Waals surface area contributed by atoms with E-state index in [9.17, 15) is 5.11 Å². The van der Waals surface area contributed by atoms with Crippen molar-refractivity contribution in [3.05, 3.63) is 12.3 Å². The Balaban J connectivity index is 2.28. The van der Waals surface area contributed by atoms with Gasteiger partial charge in [-0.05, 0) is 25.3 Å². The summed E-state index contributed by atoms with van der Waals surface area (Å²) >= 11 is 0. The highest BCUT2D eigenvalue weighted by atomic mass is 16.5. The molecule has 2 heteroatoms. The molecule has 0 radical (unpaired) electrons. The Morgan fingerprint density at radius 3 is 2.64 bits per heavy atom. The lowest BCUT2D eigenvalue weighted by atomic mass is 9.98. The van der Waals surface area contributed by atoms with Gasteiger partial charge in [-0.3, -0.25) is 0 Å². The fourth-order valence-corrected chi connectivity index (χ4v) is 1.60. The maximum atomic E-state index is 9.81. The molecule has 1 aliphatic carbocycles. The molecule has 0 heterocycles. The molecule has 1 fully saturated rings. The van der Waals surface area contributed by atoms with E-state index in [0.29, 0.717) is 0 Å². The quantitative estimate of drug-likeness (QED) is 0.632. The average molecular weight is 156 g/mol. The fraction of sp³-hybridized carbons (Fsp3) is 0.778. The van der Waals surface area contributed by atoms with Crippen molar-refractivity contribution in [1.82, 2.24) is 0 Å². The summed E-state index contributed by atoms with van der Waals surface area (Å²) in [6.07, 6.45) is 8.49. The van der Waals surface area contributed by atoms with Crippen molar-refractivity contribution in [1.29, 1.82) is 0 Å². The summed E-state index contributed by atoms with van der Waals surface area (Å²) < 4.78 is 4.75. The van der Waals surface area contributed by atoms with Crippen molar-refractivity contribution in [2.24, 2.45) is 0 Å². The van der Waals surface area contributed by atoms with E-state index in [4.69, 9.17) is 4.74 Å². The first kappa shape index (κ1) is 8.60. The van der Waals surface area contributed by atoms with Crippen molar-refractivity contribution < 1.29 is 9.84 Å². The van der Waals surface area contributed by atoms with Gasteiger partial charge in [-0.2, -0.15) is 0 Å². The summed E-state index contributed by atoms with van der Waals surface area (Å²) in [5.41, 5.74) is -0.422. The van der Waals surface area contributed by atoms with Crippen molar-refractivity contribution >= 4 is 0 Å². The van der Waals surface area contributed by atoms with Gasteiger partial charge in [-0.25, -0.2) is 0 Å². The molecule has 1 rings (SSSR count). The highest BCUT2D eigenvalue weighted by Crippen LogP contribution is 2.32. The van der Waals surface area contributed by atoms with Gasteiger partial charge in [0.1, 0.15) is 0 Å². The van der Waals surface area contributed by atoms with E-state index in [0.717, 1.165) is 32.1 Å². The summed E-state index contributed by atoms with van der Waals surface area (Å²) in [5, 5.41) is 9.81. The Morgan fingerprint density at radius 1 is 1.45 bits per heavy atom. The Kier molecular flexibility index (Phi) is 2.94. The third-order valence-corrected chi connectivity index (χ3v) is 2.26. The van der Waals surface area contributed by atoms with Crippen molar-refractivity contribution in [3.8, 4) is 0 Å². The normalized spacial score (nSPS) is 22.7. The summed E-state index contributed by atoms with van der Waals surface area (Å²) in [7, 11) is 1.62. The van der Waals surface area contributed by atoms with Gasteiger partial charge in [-0.1, -0.05) is 12.8 Å². The third-order valence-electron chi connectivity index (χ3n) is 2.26. The van der Waals surface area contributed by atoms with Crippen molar-refractivity contribution in [2.45, 2.75) is 37.7 Å². The van der Waals surface area contributed by atoms with Crippen molar-refractivity contribution in [3.63, 3.8) is 0 Å². The molecule has 11 heavy (non-hydrogen) atoms. The van der Waals surface area contributed by atoms with E-state index in [1.54, 1.807) is 13.4 Å². The van der Waals surface area contributed by atoms with E-state index < -0.39 is 5.60 Å². The Labute approximate surface area is 67.9 Å². The van der Waals surface area contributed by atoms with Crippen LogP contribution in [0.25, 0.3) is 0 Å². The first-order valence-electron chi connectivity index (χ1n) is 4.17. The molecule has 0 amide bonds. The molecular formula is C9H16O2. The van der Waals surface area contributed by atoms with Crippen LogP contribution in [-0.2, 0) is 4.74 Å². The minimum Gasteiger partial charge on any atom is -0.505 e. The lowest BCUT2D eigenvalue weighted by Gasteiger charge is -2.19. The minimum absolute atomic E-state index is 0.422. The molecule has 2 nitrogen and oxygen atoms in total. The summed E-state index contributed by atoms with van der Waals surface area (Å²) in [6, 6.07) is 0. The standard InChI is InChI=1S/C9H16O2/c1-11-8-4-7-9(10)5-2-3-6-9/h4,8,10H,2-3,5-7H2,1H3. The number of aliphatic hydroxyl groups is 1. The number of methoxy groups -OCH3 is 1. The van der Waals surface area contributed by atoms with Crippen LogP contribution in [0.5, 0.6) is 0 Å². The molecule has 0 atom stereocenters. The molecule has 0 aromatic carbocycles. The van der Waals surface area contributed by atoms with E-state index in [1.807, 2.05) is 6.08 Å². The third kappa shape index (κ3) is 2.54. The zero-order valence-electron chi connectivity index (χ0n) is 7.05. The highest BCUT2D eigenvalue weighted by molar-refractivity contribution is 4.91. The Hall–Kier alpha value is -0.500. The van der Waals surface area contributed by atoms with Gasteiger partial charge in [0.2, 0.25) is 0 Å². The molecule has 0 aliphatic heterocycles. The first-order chi connectivity index (χ1) is 5.27. The molecule has 0 saturated heterocycles. The van der Waals surface area contributed by atoms with Gasteiger partial charge in [0.05, 0.1) is 19.0 Å². The van der Waals surface area contributed by atoms with Crippen LogP contribution in [0.4, 0.5) is 0 Å². The molecule has 0 aromatic rings. The topological polar surface area (TPSA) is 29.5 Å². The van der Waals surface area contributed by atoms with Gasteiger partial charge < -0.3 is 9.84 Å². The van der Waals surface area contributed by atoms with Crippen LogP contribution >= 0.6 is 0 Å². The van der Waals surface area contributed by atoms with Gasteiger partial charge in [-0.15, -0.1) is 0 Å². The number of ether oxygens (including phenoxy) is 1. The molecule has 1 saturated carbocycles. The molecule has 64 valence electrons. The van der Waals surface area contributed by atoms with Crippen LogP contribution in [0, 0.1) is 0 Å². The average Bonchev–Trinajstić information content (AvgIpc) is 2.38. The van der Waals surface area contributed by atoms with Crippen LogP contribution in [0.1, 0.15) is 32.1 Å². The minimum atomic E-state index is -0.422. The Morgan fingerprint density at radius 2 is 2.09 bits per heavy atom. The molecule has 0 aromatic heterocycles. The zero-order chi connectivity index (χ0) is 8.16. The predicted octanol–water partition coefficient (Wildman–Crippen LogP) is 1.84. The van der Waals surface area contributed by atoms with Gasteiger partial charge in [0.15, 0.2) is 0 Å². The smallest absolute Gasteiger partial charge is 0.0785 e. The SMILES string of the molecule is COC=CCC1(O)CCCC1. The van der Waals surface area contributed by atoms with E-state index >= 15 is 0 Å².